The van der Waals surface area contributed by atoms with Gasteiger partial charge in [0.25, 0.3) is 0 Å². The highest BCUT2D eigenvalue weighted by Gasteiger charge is 2.43. The second kappa shape index (κ2) is 16.1. The predicted octanol–water partition coefficient (Wildman–Crippen LogP) is 4.34. The smallest absolute Gasteiger partial charge is 0.246 e. The number of nitrogens with two attached hydrogens (primary N) is 1. The van der Waals surface area contributed by atoms with E-state index in [0.717, 1.165) is 27.4 Å². The summed E-state index contributed by atoms with van der Waals surface area (Å²) >= 11 is 1.62. The van der Waals surface area contributed by atoms with Crippen molar-refractivity contribution in [1.29, 1.82) is 0 Å². The number of nitrogen functional groups attached to an aromatic ring is 1. The molecule has 54 heavy (non-hydrogen) atoms. The van der Waals surface area contributed by atoms with E-state index < -0.39 is 23.6 Å². The number of β-amino-alcohol motifs (C(OH)–C–C–N with tert-alkyl or cyclic N) is 1. The Balaban J connectivity index is 1.06. The fraction of sp³-hybridized carbons (Fsp3) is 0.425. The Kier molecular flexibility index (Phi) is 11.5. The lowest BCUT2D eigenvalue weighted by Gasteiger charge is -2.38. The summed E-state index contributed by atoms with van der Waals surface area (Å²) in [5, 5.41) is 35.9. The molecule has 286 valence electrons. The molecule has 0 unspecified atom stereocenters. The minimum atomic E-state index is -0.817. The lowest BCUT2D eigenvalue weighted by atomic mass is 9.85. The summed E-state index contributed by atoms with van der Waals surface area (Å²) in [7, 11) is 0. The number of nitrogens with one attached hydrogen (secondary N) is 2. The van der Waals surface area contributed by atoms with Crippen LogP contribution in [0.1, 0.15) is 51.4 Å². The molecule has 0 bridgehead atoms. The Morgan fingerprint density at radius 3 is 2.41 bits per heavy atom. The van der Waals surface area contributed by atoms with Crippen LogP contribution in [0, 0.1) is 12.3 Å². The predicted molar refractivity (Wildman–Crippen MR) is 213 cm³/mol. The summed E-state index contributed by atoms with van der Waals surface area (Å²) in [5.41, 5.74) is 13.1. The van der Waals surface area contributed by atoms with Crippen LogP contribution in [0.4, 0.5) is 11.5 Å². The Morgan fingerprint density at radius 1 is 1.06 bits per heavy atom. The fourth-order valence-corrected chi connectivity index (χ4v) is 8.00. The summed E-state index contributed by atoms with van der Waals surface area (Å²) in [5.74, 6) is -0.0927. The fourth-order valence-electron chi connectivity index (χ4n) is 7.18. The number of carbonyl (C=O) groups is 2. The first-order valence-corrected chi connectivity index (χ1v) is 19.2. The van der Waals surface area contributed by atoms with Gasteiger partial charge >= 0.3 is 0 Å². The Morgan fingerprint density at radius 2 is 1.76 bits per heavy atom. The number of phenolic OH excluding ortho intramolecular Hbond substituents is 1. The van der Waals surface area contributed by atoms with E-state index in [9.17, 15) is 19.8 Å². The third kappa shape index (κ3) is 8.67. The molecule has 0 aliphatic carbocycles. The number of piperazine rings is 1. The summed E-state index contributed by atoms with van der Waals surface area (Å²) in [6.07, 6.45) is -0.351. The van der Waals surface area contributed by atoms with Crippen LogP contribution in [-0.4, -0.2) is 104 Å². The van der Waals surface area contributed by atoms with Crippen LogP contribution >= 0.6 is 11.3 Å². The first-order chi connectivity index (χ1) is 25.7. The zero-order chi connectivity index (χ0) is 38.7. The maximum absolute atomic E-state index is 14.3. The maximum Gasteiger partial charge on any atom is 0.246 e. The first kappa shape index (κ1) is 38.7. The number of aryl methyl sites for hydroxylation is 1. The van der Waals surface area contributed by atoms with Crippen molar-refractivity contribution in [1.82, 2.24) is 35.6 Å². The number of para-hydroxylation sites is 1. The van der Waals surface area contributed by atoms with Crippen molar-refractivity contribution in [3.63, 3.8) is 0 Å². The summed E-state index contributed by atoms with van der Waals surface area (Å²) in [6.45, 7) is 16.8. The molecule has 0 radical (unpaired) electrons. The number of phenols is 1. The number of likely N-dealkylation sites (tertiary alicyclic amines) is 1. The summed E-state index contributed by atoms with van der Waals surface area (Å²) in [4.78, 5) is 39.1. The SMILES string of the molecule is C=C(N[C@@H](C)c1ccc(-c2scnc2C)cc1)[C@@H]1C[C@H](O)CN1C(=O)[C@@H](NC(=O)CN1CCN(c2cc(-c3ccccc3O)nnc2N)CC1)C(C)(C)C. The number of aliphatic hydroxyl groups excluding tert-OH is 1. The molecule has 2 saturated heterocycles. The average Bonchev–Trinajstić information content (AvgIpc) is 3.76. The van der Waals surface area contributed by atoms with Crippen LogP contribution in [0.25, 0.3) is 21.7 Å². The number of amides is 2. The molecule has 14 heteroatoms. The quantitative estimate of drug-likeness (QED) is 0.148. The zero-order valence-corrected chi connectivity index (χ0v) is 32.4. The third-order valence-corrected chi connectivity index (χ3v) is 11.2. The molecule has 2 fully saturated rings. The highest BCUT2D eigenvalue weighted by Crippen LogP contribution is 2.33. The van der Waals surface area contributed by atoms with Crippen molar-refractivity contribution < 1.29 is 19.8 Å². The van der Waals surface area contributed by atoms with Gasteiger partial charge in [-0.3, -0.25) is 14.5 Å². The third-order valence-electron chi connectivity index (χ3n) is 10.3. The van der Waals surface area contributed by atoms with Gasteiger partial charge < -0.3 is 36.4 Å². The van der Waals surface area contributed by atoms with Gasteiger partial charge in [0.05, 0.1) is 46.2 Å². The molecule has 13 nitrogen and oxygen atoms in total. The molecule has 2 amide bonds. The Bertz CT molecular complexity index is 1970. The monoisotopic (exact) mass is 753 g/mol. The lowest BCUT2D eigenvalue weighted by molar-refractivity contribution is -0.140. The number of rotatable bonds is 11. The van der Waals surface area contributed by atoms with Gasteiger partial charge in [-0.15, -0.1) is 21.5 Å². The van der Waals surface area contributed by atoms with Crippen molar-refractivity contribution in [2.75, 3.05) is 49.9 Å². The summed E-state index contributed by atoms with van der Waals surface area (Å²) < 4.78 is 0. The average molecular weight is 754 g/mol. The van der Waals surface area contributed by atoms with Gasteiger partial charge in [0.1, 0.15) is 11.8 Å². The topological polar surface area (TPSA) is 173 Å². The second-order valence-corrected chi connectivity index (χ2v) is 16.2. The number of hydrogen-bond acceptors (Lipinski definition) is 12. The molecule has 0 spiro atoms. The molecule has 2 aliphatic heterocycles. The van der Waals surface area contributed by atoms with E-state index >= 15 is 0 Å². The van der Waals surface area contributed by atoms with Crippen molar-refractivity contribution in [3.05, 3.63) is 83.6 Å². The number of aliphatic hydroxyl groups is 1. The van der Waals surface area contributed by atoms with Gasteiger partial charge in [0.15, 0.2) is 5.82 Å². The van der Waals surface area contributed by atoms with E-state index in [4.69, 9.17) is 5.73 Å². The van der Waals surface area contributed by atoms with Crippen LogP contribution in [-0.2, 0) is 9.59 Å². The van der Waals surface area contributed by atoms with E-state index in [2.05, 4.69) is 61.6 Å². The minimum absolute atomic E-state index is 0.0899. The van der Waals surface area contributed by atoms with E-state index in [-0.39, 0.29) is 36.7 Å². The van der Waals surface area contributed by atoms with E-state index in [0.29, 0.717) is 55.4 Å². The molecule has 6 N–H and O–H groups in total. The van der Waals surface area contributed by atoms with E-state index in [1.54, 1.807) is 34.4 Å². The highest BCUT2D eigenvalue weighted by atomic mass is 32.1. The molecule has 4 aromatic rings. The number of hydrogen-bond donors (Lipinski definition) is 5. The van der Waals surface area contributed by atoms with Crippen LogP contribution in [0.5, 0.6) is 5.75 Å². The molecular formula is C40H51N9O4S. The molecular weight excluding hydrogens is 703 g/mol. The molecule has 2 aromatic carbocycles. The van der Waals surface area contributed by atoms with Crippen molar-refractivity contribution in [2.24, 2.45) is 5.41 Å². The number of aromatic hydroxyl groups is 1. The van der Waals surface area contributed by atoms with Crippen molar-refractivity contribution in [3.8, 4) is 27.4 Å². The largest absolute Gasteiger partial charge is 0.507 e. The molecule has 2 aliphatic rings. The molecule has 4 atom stereocenters. The van der Waals surface area contributed by atoms with Gasteiger partial charge in [-0.2, -0.15) is 0 Å². The van der Waals surface area contributed by atoms with Crippen molar-refractivity contribution >= 4 is 34.7 Å². The number of aromatic nitrogens is 3. The standard InChI is InChI=1S/C40H51N9O4S/c1-24(27-11-13-28(14-12-27)36-26(3)42-23-54-36)43-25(2)32-19-29(50)21-49(32)39(53)37(40(4,5)6)44-35(52)22-47-15-17-48(18-16-47)33-20-31(45-46-38(33)41)30-9-7-8-10-34(30)51/h7-14,20,23-24,29,32,37,43,50-51H,2,15-19,21-22H2,1,3-6H3,(H2,41,46)(H,44,52)/t24-,29-,32-,37+/m0/s1. The van der Waals surface area contributed by atoms with E-state index in [1.807, 2.05) is 57.2 Å². The van der Waals surface area contributed by atoms with Crippen molar-refractivity contribution in [2.45, 2.75) is 65.3 Å². The van der Waals surface area contributed by atoms with Gasteiger partial charge in [0, 0.05) is 56.4 Å². The molecule has 0 saturated carbocycles. The number of carbonyl (C=O) groups excluding carboxylic acids is 2. The Hall–Kier alpha value is -5.05. The van der Waals surface area contributed by atoms with Gasteiger partial charge in [-0.1, -0.05) is 63.7 Å². The van der Waals surface area contributed by atoms with Crippen LogP contribution in [0.15, 0.2) is 72.4 Å². The molecule has 6 rings (SSSR count). The van der Waals surface area contributed by atoms with Crippen LogP contribution < -0.4 is 21.3 Å². The maximum atomic E-state index is 14.3. The first-order valence-electron chi connectivity index (χ1n) is 18.3. The van der Waals surface area contributed by atoms with E-state index in [1.165, 1.54) is 0 Å². The molecule has 4 heterocycles. The zero-order valence-electron chi connectivity index (χ0n) is 31.6. The van der Waals surface area contributed by atoms with Gasteiger partial charge in [-0.05, 0) is 48.6 Å². The van der Waals surface area contributed by atoms with Crippen LogP contribution in [0.3, 0.4) is 0 Å². The number of nitrogens with zero attached hydrogens (tertiary/aromatic N) is 6. The highest BCUT2D eigenvalue weighted by molar-refractivity contribution is 7.13. The molecule has 2 aromatic heterocycles. The van der Waals surface area contributed by atoms with Crippen LogP contribution in [0.2, 0.25) is 0 Å². The van der Waals surface area contributed by atoms with Gasteiger partial charge in [0.2, 0.25) is 11.8 Å². The number of thiazole rings is 1. The number of anilines is 2. The summed E-state index contributed by atoms with van der Waals surface area (Å²) in [6, 6.07) is 15.8. The second-order valence-electron chi connectivity index (χ2n) is 15.3. The lowest BCUT2D eigenvalue weighted by Crippen LogP contribution is -2.58. The Labute approximate surface area is 320 Å². The normalized spacial score (nSPS) is 19.0. The minimum Gasteiger partial charge on any atom is -0.507 e. The number of benzene rings is 2. The van der Waals surface area contributed by atoms with Gasteiger partial charge in [-0.25, -0.2) is 4.98 Å².